The normalized spacial score (nSPS) is 10.7. The molecule has 0 atom stereocenters. The summed E-state index contributed by atoms with van der Waals surface area (Å²) < 4.78 is 9.76. The number of aromatic nitrogens is 2. The SMILES string of the molecule is CSc1c(C(=O)OCc2ccccc2)c(=O)n(C)c(=S)n1-c1ccccc1I. The van der Waals surface area contributed by atoms with Crippen LogP contribution in [0.3, 0.4) is 0 Å². The Labute approximate surface area is 185 Å². The van der Waals surface area contributed by atoms with Gasteiger partial charge in [-0.2, -0.15) is 0 Å². The van der Waals surface area contributed by atoms with Crippen LogP contribution in [-0.2, 0) is 18.4 Å². The van der Waals surface area contributed by atoms with Gasteiger partial charge in [-0.25, -0.2) is 4.79 Å². The topological polar surface area (TPSA) is 53.2 Å². The number of hydrogen-bond donors (Lipinski definition) is 0. The third-order valence-electron chi connectivity index (χ3n) is 4.12. The van der Waals surface area contributed by atoms with Crippen molar-refractivity contribution < 1.29 is 9.53 Å². The second-order valence-electron chi connectivity index (χ2n) is 5.88. The number of thioether (sulfide) groups is 1. The van der Waals surface area contributed by atoms with E-state index in [1.165, 1.54) is 16.3 Å². The van der Waals surface area contributed by atoms with Gasteiger partial charge in [0.05, 0.1) is 5.69 Å². The van der Waals surface area contributed by atoms with Crippen LogP contribution in [0, 0.1) is 8.34 Å². The molecule has 0 amide bonds. The number of benzene rings is 2. The molecular formula is C20H17IN2O3S2. The number of para-hydroxylation sites is 1. The molecule has 144 valence electrons. The average molecular weight is 524 g/mol. The number of carbonyl (C=O) groups excluding carboxylic acids is 1. The molecule has 0 aliphatic rings. The molecule has 0 aliphatic carbocycles. The first-order chi connectivity index (χ1) is 13.5. The van der Waals surface area contributed by atoms with E-state index in [1.807, 2.05) is 60.9 Å². The van der Waals surface area contributed by atoms with Crippen molar-refractivity contribution >= 4 is 52.5 Å². The third-order valence-corrected chi connectivity index (χ3v) is 6.26. The zero-order valence-corrected chi connectivity index (χ0v) is 19.0. The predicted molar refractivity (Wildman–Crippen MR) is 122 cm³/mol. The van der Waals surface area contributed by atoms with E-state index >= 15 is 0 Å². The highest BCUT2D eigenvalue weighted by Crippen LogP contribution is 2.26. The van der Waals surface area contributed by atoms with Crippen molar-refractivity contribution in [1.29, 1.82) is 0 Å². The van der Waals surface area contributed by atoms with Crippen molar-refractivity contribution in [3.63, 3.8) is 0 Å². The second kappa shape index (κ2) is 9.06. The Hall–Kier alpha value is -1.91. The summed E-state index contributed by atoms with van der Waals surface area (Å²) in [6.07, 6.45) is 1.81. The molecule has 2 aromatic carbocycles. The lowest BCUT2D eigenvalue weighted by Crippen LogP contribution is -2.31. The van der Waals surface area contributed by atoms with Gasteiger partial charge in [-0.3, -0.25) is 13.9 Å². The minimum absolute atomic E-state index is 0.0146. The molecule has 0 saturated heterocycles. The van der Waals surface area contributed by atoms with Crippen LogP contribution in [0.5, 0.6) is 0 Å². The third kappa shape index (κ3) is 4.08. The van der Waals surface area contributed by atoms with E-state index in [0.29, 0.717) is 9.80 Å². The highest BCUT2D eigenvalue weighted by Gasteiger charge is 2.24. The van der Waals surface area contributed by atoms with Gasteiger partial charge < -0.3 is 4.74 Å². The number of rotatable bonds is 5. The quantitative estimate of drug-likeness (QED) is 0.161. The first-order valence-corrected chi connectivity index (χ1v) is 11.0. The van der Waals surface area contributed by atoms with Gasteiger partial charge in [0.1, 0.15) is 11.6 Å². The van der Waals surface area contributed by atoms with Gasteiger partial charge in [0.15, 0.2) is 10.3 Å². The lowest BCUT2D eigenvalue weighted by molar-refractivity contribution is 0.0463. The Bertz CT molecular complexity index is 1140. The van der Waals surface area contributed by atoms with Crippen LogP contribution >= 0.6 is 46.6 Å². The molecule has 3 aromatic rings. The summed E-state index contributed by atoms with van der Waals surface area (Å²) in [4.78, 5) is 25.7. The molecule has 0 aliphatic heterocycles. The van der Waals surface area contributed by atoms with Gasteiger partial charge in [0.2, 0.25) is 0 Å². The molecular weight excluding hydrogens is 507 g/mol. The first-order valence-electron chi connectivity index (χ1n) is 8.31. The van der Waals surface area contributed by atoms with Crippen molar-refractivity contribution in [2.75, 3.05) is 6.26 Å². The van der Waals surface area contributed by atoms with Crippen LogP contribution in [-0.4, -0.2) is 21.4 Å². The first kappa shape index (κ1) is 20.8. The van der Waals surface area contributed by atoms with E-state index in [9.17, 15) is 9.59 Å². The standard InChI is InChI=1S/C20H17IN2O3S2/c1-22-17(24)16(19(25)26-12-13-8-4-3-5-9-13)18(28-2)23(20(22)27)15-11-7-6-10-14(15)21/h3-11H,12H2,1-2H3. The maximum absolute atomic E-state index is 12.9. The van der Waals surface area contributed by atoms with Crippen LogP contribution in [0.1, 0.15) is 15.9 Å². The fourth-order valence-electron chi connectivity index (χ4n) is 2.70. The lowest BCUT2D eigenvalue weighted by Gasteiger charge is -2.18. The fraction of sp³-hybridized carbons (Fsp3) is 0.150. The monoisotopic (exact) mass is 524 g/mol. The van der Waals surface area contributed by atoms with E-state index in [2.05, 4.69) is 22.6 Å². The predicted octanol–water partition coefficient (Wildman–Crippen LogP) is 4.59. The highest BCUT2D eigenvalue weighted by atomic mass is 127. The molecule has 1 aromatic heterocycles. The van der Waals surface area contributed by atoms with E-state index in [0.717, 1.165) is 14.8 Å². The van der Waals surface area contributed by atoms with Gasteiger partial charge in [-0.15, -0.1) is 11.8 Å². The number of halogens is 1. The number of esters is 1. The number of hydrogen-bond acceptors (Lipinski definition) is 5. The molecule has 0 unspecified atom stereocenters. The Kier molecular flexibility index (Phi) is 6.73. The molecule has 0 bridgehead atoms. The zero-order valence-electron chi connectivity index (χ0n) is 15.2. The molecule has 0 spiro atoms. The number of carbonyl (C=O) groups is 1. The van der Waals surface area contributed by atoms with Gasteiger partial charge in [0.25, 0.3) is 5.56 Å². The van der Waals surface area contributed by atoms with Gasteiger partial charge in [-0.05, 0) is 58.8 Å². The highest BCUT2D eigenvalue weighted by molar-refractivity contribution is 14.1. The van der Waals surface area contributed by atoms with Crippen molar-refractivity contribution in [1.82, 2.24) is 9.13 Å². The molecule has 0 N–H and O–H groups in total. The Balaban J connectivity index is 2.13. The van der Waals surface area contributed by atoms with Crippen molar-refractivity contribution in [2.45, 2.75) is 11.6 Å². The van der Waals surface area contributed by atoms with E-state index in [4.69, 9.17) is 17.0 Å². The maximum Gasteiger partial charge on any atom is 0.346 e. The van der Waals surface area contributed by atoms with E-state index in [1.54, 1.807) is 11.6 Å². The van der Waals surface area contributed by atoms with Crippen LogP contribution in [0.4, 0.5) is 0 Å². The smallest absolute Gasteiger partial charge is 0.346 e. The summed E-state index contributed by atoms with van der Waals surface area (Å²) in [5.41, 5.74) is 1.18. The van der Waals surface area contributed by atoms with Gasteiger partial charge in [0, 0.05) is 10.6 Å². The number of nitrogens with zero attached hydrogens (tertiary/aromatic N) is 2. The summed E-state index contributed by atoms with van der Waals surface area (Å²) in [7, 11) is 1.56. The van der Waals surface area contributed by atoms with Gasteiger partial charge >= 0.3 is 5.97 Å². The van der Waals surface area contributed by atoms with Crippen molar-refractivity contribution in [2.24, 2.45) is 7.05 Å². The van der Waals surface area contributed by atoms with E-state index < -0.39 is 11.5 Å². The van der Waals surface area contributed by atoms with Crippen LogP contribution in [0.15, 0.2) is 64.4 Å². The summed E-state index contributed by atoms with van der Waals surface area (Å²) in [6, 6.07) is 17.0. The van der Waals surface area contributed by atoms with Crippen molar-refractivity contribution in [3.05, 3.63) is 84.4 Å². The molecule has 5 nitrogen and oxygen atoms in total. The Morgan fingerprint density at radius 1 is 1.14 bits per heavy atom. The van der Waals surface area contributed by atoms with Crippen LogP contribution in [0.25, 0.3) is 5.69 Å². The second-order valence-corrected chi connectivity index (χ2v) is 8.20. The molecule has 1 heterocycles. The summed E-state index contributed by atoms with van der Waals surface area (Å²) in [6.45, 7) is 0.0924. The van der Waals surface area contributed by atoms with Crippen molar-refractivity contribution in [3.8, 4) is 5.69 Å². The summed E-state index contributed by atoms with van der Waals surface area (Å²) in [5, 5.41) is 0.468. The van der Waals surface area contributed by atoms with Crippen LogP contribution < -0.4 is 5.56 Å². The molecule has 0 saturated carbocycles. The molecule has 8 heteroatoms. The molecule has 0 radical (unpaired) electrons. The maximum atomic E-state index is 12.9. The van der Waals surface area contributed by atoms with E-state index in [-0.39, 0.29) is 12.2 Å². The summed E-state index contributed by atoms with van der Waals surface area (Å²) >= 11 is 9.02. The van der Waals surface area contributed by atoms with Gasteiger partial charge in [-0.1, -0.05) is 42.5 Å². The Morgan fingerprint density at radius 3 is 2.43 bits per heavy atom. The largest absolute Gasteiger partial charge is 0.457 e. The minimum atomic E-state index is -0.663. The lowest BCUT2D eigenvalue weighted by atomic mass is 10.2. The Morgan fingerprint density at radius 2 is 1.79 bits per heavy atom. The minimum Gasteiger partial charge on any atom is -0.457 e. The molecule has 28 heavy (non-hydrogen) atoms. The summed E-state index contributed by atoms with van der Waals surface area (Å²) in [5.74, 6) is -0.663. The zero-order chi connectivity index (χ0) is 20.3. The van der Waals surface area contributed by atoms with Crippen LogP contribution in [0.2, 0.25) is 0 Å². The molecule has 3 rings (SSSR count). The molecule has 0 fully saturated rings. The number of ether oxygens (including phenoxy) is 1. The average Bonchev–Trinajstić information content (AvgIpc) is 2.71. The fourth-order valence-corrected chi connectivity index (χ4v) is 4.40.